The molecule has 0 aliphatic rings. The van der Waals surface area contributed by atoms with E-state index in [0.717, 1.165) is 37.6 Å². The SMILES string of the molecule is CCN(CC)c1ccc(C=NC(C)(C)C(C)(C)N=Cc2ccc(N(CC)CC)cc2O)c(O)c1. The maximum absolute atomic E-state index is 10.5. The minimum Gasteiger partial charge on any atom is -0.507 e. The van der Waals surface area contributed by atoms with Crippen molar-refractivity contribution >= 4 is 23.8 Å². The van der Waals surface area contributed by atoms with Crippen molar-refractivity contribution in [2.45, 2.75) is 66.5 Å². The fraction of sp³-hybridized carbons (Fsp3) is 0.500. The standard InChI is InChI=1S/C28H42N4O2/c1-9-31(10-2)23-15-13-21(25(33)17-23)19-29-27(5,6)28(7,8)30-20-22-14-16-24(18-26(22)34)32(11-3)12-4/h13-20,33-34H,9-12H2,1-8H3. The van der Waals surface area contributed by atoms with Gasteiger partial charge < -0.3 is 20.0 Å². The van der Waals surface area contributed by atoms with E-state index < -0.39 is 11.1 Å². The Morgan fingerprint density at radius 3 is 1.24 bits per heavy atom. The normalized spacial score (nSPS) is 12.6. The first-order chi connectivity index (χ1) is 16.0. The molecule has 186 valence electrons. The first kappa shape index (κ1) is 27.2. The van der Waals surface area contributed by atoms with Crippen LogP contribution in [0.5, 0.6) is 11.5 Å². The summed E-state index contributed by atoms with van der Waals surface area (Å²) >= 11 is 0. The highest BCUT2D eigenvalue weighted by Gasteiger charge is 2.35. The third-order valence-electron chi connectivity index (χ3n) is 6.84. The zero-order valence-electron chi connectivity index (χ0n) is 22.1. The van der Waals surface area contributed by atoms with Gasteiger partial charge in [-0.25, -0.2) is 0 Å². The second-order valence-corrected chi connectivity index (χ2v) is 9.47. The van der Waals surface area contributed by atoms with Crippen molar-refractivity contribution in [2.75, 3.05) is 36.0 Å². The van der Waals surface area contributed by atoms with Crippen molar-refractivity contribution in [2.24, 2.45) is 9.98 Å². The number of phenols is 2. The van der Waals surface area contributed by atoms with E-state index in [9.17, 15) is 10.2 Å². The van der Waals surface area contributed by atoms with Crippen LogP contribution in [0, 0.1) is 0 Å². The molecule has 34 heavy (non-hydrogen) atoms. The summed E-state index contributed by atoms with van der Waals surface area (Å²) < 4.78 is 0. The quantitative estimate of drug-likeness (QED) is 0.405. The van der Waals surface area contributed by atoms with Crippen molar-refractivity contribution in [3.8, 4) is 11.5 Å². The molecule has 0 radical (unpaired) electrons. The monoisotopic (exact) mass is 466 g/mol. The fourth-order valence-electron chi connectivity index (χ4n) is 3.63. The molecule has 0 saturated heterocycles. The number of anilines is 2. The molecule has 0 heterocycles. The molecular weight excluding hydrogens is 424 g/mol. The van der Waals surface area contributed by atoms with Gasteiger partial charge in [0.1, 0.15) is 11.5 Å². The summed E-state index contributed by atoms with van der Waals surface area (Å²) in [6.45, 7) is 20.0. The van der Waals surface area contributed by atoms with E-state index in [4.69, 9.17) is 9.98 Å². The molecule has 0 unspecified atom stereocenters. The van der Waals surface area contributed by atoms with E-state index in [1.54, 1.807) is 24.6 Å². The Morgan fingerprint density at radius 1 is 0.647 bits per heavy atom. The van der Waals surface area contributed by atoms with E-state index >= 15 is 0 Å². The summed E-state index contributed by atoms with van der Waals surface area (Å²) in [5.41, 5.74) is 2.24. The van der Waals surface area contributed by atoms with Crippen LogP contribution in [-0.4, -0.2) is 59.9 Å². The first-order valence-electron chi connectivity index (χ1n) is 12.3. The van der Waals surface area contributed by atoms with Crippen LogP contribution in [0.1, 0.15) is 66.5 Å². The van der Waals surface area contributed by atoms with Gasteiger partial charge in [0.25, 0.3) is 0 Å². The van der Waals surface area contributed by atoms with Gasteiger partial charge >= 0.3 is 0 Å². The van der Waals surface area contributed by atoms with Crippen LogP contribution in [0.25, 0.3) is 0 Å². The Morgan fingerprint density at radius 2 is 0.971 bits per heavy atom. The van der Waals surface area contributed by atoms with Gasteiger partial charge in [-0.05, 0) is 79.7 Å². The van der Waals surface area contributed by atoms with Gasteiger partial charge in [-0.3, -0.25) is 9.98 Å². The number of hydrogen-bond donors (Lipinski definition) is 2. The maximum atomic E-state index is 10.5. The molecule has 0 aliphatic carbocycles. The molecule has 2 aromatic carbocycles. The third-order valence-corrected chi connectivity index (χ3v) is 6.84. The second kappa shape index (κ2) is 11.4. The van der Waals surface area contributed by atoms with E-state index in [-0.39, 0.29) is 11.5 Å². The van der Waals surface area contributed by atoms with E-state index in [1.165, 1.54) is 0 Å². The Balaban J connectivity index is 2.22. The highest BCUT2D eigenvalue weighted by molar-refractivity contribution is 5.86. The number of phenolic OH excluding ortho intramolecular Hbond substituents is 2. The second-order valence-electron chi connectivity index (χ2n) is 9.47. The van der Waals surface area contributed by atoms with E-state index in [2.05, 4.69) is 37.5 Å². The zero-order chi connectivity index (χ0) is 25.5. The summed E-state index contributed by atoms with van der Waals surface area (Å²) in [7, 11) is 0. The summed E-state index contributed by atoms with van der Waals surface area (Å²) in [6, 6.07) is 11.4. The van der Waals surface area contributed by atoms with Crippen LogP contribution in [0.4, 0.5) is 11.4 Å². The summed E-state index contributed by atoms with van der Waals surface area (Å²) in [4.78, 5) is 13.9. The van der Waals surface area contributed by atoms with Crippen molar-refractivity contribution in [1.82, 2.24) is 0 Å². The molecular formula is C28H42N4O2. The van der Waals surface area contributed by atoms with Gasteiger partial charge in [0.2, 0.25) is 0 Å². The Labute approximate surface area is 205 Å². The zero-order valence-corrected chi connectivity index (χ0v) is 22.1. The minimum atomic E-state index is -0.551. The van der Waals surface area contributed by atoms with Crippen molar-refractivity contribution in [3.05, 3.63) is 47.5 Å². The number of benzene rings is 2. The van der Waals surface area contributed by atoms with Crippen LogP contribution in [0.2, 0.25) is 0 Å². The molecule has 2 aromatic rings. The Kier molecular flexibility index (Phi) is 9.14. The molecule has 0 bridgehead atoms. The molecule has 0 atom stereocenters. The molecule has 0 aliphatic heterocycles. The molecule has 6 nitrogen and oxygen atoms in total. The average Bonchev–Trinajstić information content (AvgIpc) is 2.79. The van der Waals surface area contributed by atoms with Crippen LogP contribution < -0.4 is 9.80 Å². The van der Waals surface area contributed by atoms with Gasteiger partial charge in [-0.15, -0.1) is 0 Å². The lowest BCUT2D eigenvalue weighted by Crippen LogP contribution is -2.42. The summed E-state index contributed by atoms with van der Waals surface area (Å²) in [5.74, 6) is 0.423. The fourth-order valence-corrected chi connectivity index (χ4v) is 3.63. The van der Waals surface area contributed by atoms with Crippen LogP contribution in [-0.2, 0) is 0 Å². The highest BCUT2D eigenvalue weighted by atomic mass is 16.3. The average molecular weight is 467 g/mol. The molecule has 0 spiro atoms. The largest absolute Gasteiger partial charge is 0.507 e. The number of aliphatic imine (C=N–C) groups is 2. The topological polar surface area (TPSA) is 71.7 Å². The Bertz CT molecular complexity index is 922. The van der Waals surface area contributed by atoms with Gasteiger partial charge in [0.15, 0.2) is 0 Å². The van der Waals surface area contributed by atoms with Gasteiger partial charge in [0, 0.05) is 73.2 Å². The van der Waals surface area contributed by atoms with E-state index in [1.807, 2.05) is 52.0 Å². The number of rotatable bonds is 11. The lowest BCUT2D eigenvalue weighted by molar-refractivity contribution is 0.317. The number of hydrogen-bond acceptors (Lipinski definition) is 6. The maximum Gasteiger partial charge on any atom is 0.126 e. The van der Waals surface area contributed by atoms with Gasteiger partial charge in [0.05, 0.1) is 11.1 Å². The van der Waals surface area contributed by atoms with Crippen LogP contribution in [0.15, 0.2) is 46.4 Å². The first-order valence-corrected chi connectivity index (χ1v) is 12.3. The predicted octanol–water partition coefficient (Wildman–Crippen LogP) is 5.89. The van der Waals surface area contributed by atoms with Gasteiger partial charge in [-0.1, -0.05) is 0 Å². The van der Waals surface area contributed by atoms with Crippen LogP contribution >= 0.6 is 0 Å². The molecule has 6 heteroatoms. The molecule has 0 aromatic heterocycles. The van der Waals surface area contributed by atoms with Crippen molar-refractivity contribution < 1.29 is 10.2 Å². The molecule has 0 fully saturated rings. The third kappa shape index (κ3) is 6.31. The van der Waals surface area contributed by atoms with Crippen molar-refractivity contribution in [3.63, 3.8) is 0 Å². The van der Waals surface area contributed by atoms with Crippen molar-refractivity contribution in [1.29, 1.82) is 0 Å². The number of nitrogens with zero attached hydrogens (tertiary/aromatic N) is 4. The lowest BCUT2D eigenvalue weighted by Gasteiger charge is -2.35. The van der Waals surface area contributed by atoms with Gasteiger partial charge in [-0.2, -0.15) is 0 Å². The number of aromatic hydroxyl groups is 2. The van der Waals surface area contributed by atoms with Crippen LogP contribution in [0.3, 0.4) is 0 Å². The predicted molar refractivity (Wildman–Crippen MR) is 147 cm³/mol. The molecule has 0 amide bonds. The molecule has 2 N–H and O–H groups in total. The minimum absolute atomic E-state index is 0.212. The summed E-state index contributed by atoms with van der Waals surface area (Å²) in [5, 5.41) is 21.1. The molecule has 0 saturated carbocycles. The highest BCUT2D eigenvalue weighted by Crippen LogP contribution is 2.31. The molecule has 2 rings (SSSR count). The Hall–Kier alpha value is -3.02. The lowest BCUT2D eigenvalue weighted by atomic mass is 9.83. The smallest absolute Gasteiger partial charge is 0.126 e. The van der Waals surface area contributed by atoms with E-state index in [0.29, 0.717) is 11.1 Å². The summed E-state index contributed by atoms with van der Waals surface area (Å²) in [6.07, 6.45) is 3.43.